The van der Waals surface area contributed by atoms with E-state index in [9.17, 15) is 14.3 Å². The van der Waals surface area contributed by atoms with Crippen molar-refractivity contribution in [1.82, 2.24) is 14.5 Å². The molecule has 3 aliphatic rings. The lowest BCUT2D eigenvalue weighted by Crippen LogP contribution is -2.35. The molecule has 0 bridgehead atoms. The van der Waals surface area contributed by atoms with E-state index in [1.165, 1.54) is 6.07 Å². The molecule has 8 nitrogen and oxygen atoms in total. The fraction of sp³-hybridized carbons (Fsp3) is 0.400. The smallest absolute Gasteiger partial charge is 0.331 e. The predicted octanol–water partition coefficient (Wildman–Crippen LogP) is 5.80. The Morgan fingerprint density at radius 1 is 1.18 bits per heavy atom. The minimum atomic E-state index is -0.942. The van der Waals surface area contributed by atoms with Gasteiger partial charge in [-0.2, -0.15) is 0 Å². The van der Waals surface area contributed by atoms with Gasteiger partial charge >= 0.3 is 5.97 Å². The normalized spacial score (nSPS) is 21.4. The molecule has 2 fully saturated rings. The maximum absolute atomic E-state index is 14.5. The number of hydrogen-bond donors (Lipinski definition) is 1. The standard InChI is InChI=1S/C30H31ClFN3O5/c1-18(29(36)37)13-21-15-33-27(35(21)16-22-9-12-38-22)17-34-10-7-19(8-11-34)23-3-2-4-26-28(23)40-30(39-26)24-6-5-20(31)14-25(24)32/h2-6,13-15,19,22,30H,7-12,16-17H2,1H3,(H,36,37)/b18-13+/t22-,30-/m0/s1. The van der Waals surface area contributed by atoms with E-state index in [1.54, 1.807) is 31.3 Å². The quantitative estimate of drug-likeness (QED) is 0.344. The third kappa shape index (κ3) is 5.46. The van der Waals surface area contributed by atoms with Crippen molar-refractivity contribution in [3.63, 3.8) is 0 Å². The summed E-state index contributed by atoms with van der Waals surface area (Å²) in [5, 5.41) is 9.67. The fourth-order valence-corrected chi connectivity index (χ4v) is 5.70. The zero-order valence-corrected chi connectivity index (χ0v) is 22.9. The molecule has 6 rings (SSSR count). The Morgan fingerprint density at radius 2 is 1.98 bits per heavy atom. The van der Waals surface area contributed by atoms with Crippen molar-refractivity contribution in [2.45, 2.75) is 57.6 Å². The Bertz CT molecular complexity index is 1450. The third-order valence-electron chi connectivity index (χ3n) is 7.93. The number of imidazole rings is 1. The highest BCUT2D eigenvalue weighted by atomic mass is 35.5. The number of carboxylic acid groups (broad SMARTS) is 1. The first-order valence-corrected chi connectivity index (χ1v) is 13.9. The van der Waals surface area contributed by atoms with Crippen molar-refractivity contribution in [2.75, 3.05) is 19.7 Å². The SMILES string of the molecule is C/C(=C\c1cnc(CN2CCC(c3cccc4c3O[C@@H](c3ccc(Cl)cc3F)O4)CC2)n1C[C@@H]1CCO1)C(=O)O. The van der Waals surface area contributed by atoms with E-state index in [0.29, 0.717) is 35.2 Å². The number of ether oxygens (including phenoxy) is 3. The topological polar surface area (TPSA) is 86.0 Å². The van der Waals surface area contributed by atoms with E-state index in [2.05, 4.69) is 20.5 Å². The molecule has 0 amide bonds. The van der Waals surface area contributed by atoms with Crippen LogP contribution in [0.4, 0.5) is 4.39 Å². The molecular weight excluding hydrogens is 537 g/mol. The highest BCUT2D eigenvalue weighted by Gasteiger charge is 2.33. The Morgan fingerprint density at radius 3 is 2.67 bits per heavy atom. The van der Waals surface area contributed by atoms with Crippen molar-refractivity contribution < 1.29 is 28.5 Å². The van der Waals surface area contributed by atoms with Crippen molar-refractivity contribution in [3.05, 3.63) is 81.7 Å². The number of carbonyl (C=O) groups is 1. The van der Waals surface area contributed by atoms with E-state index < -0.39 is 18.1 Å². The molecule has 0 aliphatic carbocycles. The molecule has 0 unspecified atom stereocenters. The van der Waals surface area contributed by atoms with Crippen molar-refractivity contribution in [3.8, 4) is 11.5 Å². The van der Waals surface area contributed by atoms with Crippen molar-refractivity contribution in [1.29, 1.82) is 0 Å². The van der Waals surface area contributed by atoms with Crippen LogP contribution in [0.1, 0.15) is 61.0 Å². The van der Waals surface area contributed by atoms with Gasteiger partial charge < -0.3 is 23.9 Å². The summed E-state index contributed by atoms with van der Waals surface area (Å²) in [5.41, 5.74) is 2.45. The molecule has 10 heteroatoms. The summed E-state index contributed by atoms with van der Waals surface area (Å²) in [6, 6.07) is 10.4. The highest BCUT2D eigenvalue weighted by molar-refractivity contribution is 6.30. The maximum atomic E-state index is 14.5. The number of rotatable bonds is 8. The lowest BCUT2D eigenvalue weighted by molar-refractivity contribution is -0.132. The maximum Gasteiger partial charge on any atom is 0.331 e. The number of para-hydroxylation sites is 1. The number of aliphatic carboxylic acids is 1. The molecule has 2 aromatic carbocycles. The average molecular weight is 568 g/mol. The lowest BCUT2D eigenvalue weighted by Gasteiger charge is -2.33. The Balaban J connectivity index is 1.13. The summed E-state index contributed by atoms with van der Waals surface area (Å²) >= 11 is 5.91. The van der Waals surface area contributed by atoms with Gasteiger partial charge in [-0.25, -0.2) is 14.2 Å². The van der Waals surface area contributed by atoms with Crippen LogP contribution in [0.3, 0.4) is 0 Å². The summed E-state index contributed by atoms with van der Waals surface area (Å²) in [6.07, 6.45) is 5.54. The van der Waals surface area contributed by atoms with Crippen LogP contribution in [0.5, 0.6) is 11.5 Å². The Kier molecular flexibility index (Phi) is 7.53. The van der Waals surface area contributed by atoms with Gasteiger partial charge in [0.05, 0.1) is 36.6 Å². The van der Waals surface area contributed by atoms with Crippen LogP contribution in [0, 0.1) is 5.82 Å². The van der Waals surface area contributed by atoms with Crippen LogP contribution < -0.4 is 9.47 Å². The first-order chi connectivity index (χ1) is 19.4. The predicted molar refractivity (Wildman–Crippen MR) is 147 cm³/mol. The fourth-order valence-electron chi connectivity index (χ4n) is 5.54. The number of hydrogen-bond acceptors (Lipinski definition) is 6. The average Bonchev–Trinajstić information content (AvgIpc) is 3.50. The summed E-state index contributed by atoms with van der Waals surface area (Å²) in [6.45, 7) is 5.42. The molecule has 4 heterocycles. The summed E-state index contributed by atoms with van der Waals surface area (Å²) in [5.74, 6) is 1.09. The minimum absolute atomic E-state index is 0.128. The molecule has 0 radical (unpaired) electrons. The second-order valence-electron chi connectivity index (χ2n) is 10.6. The number of likely N-dealkylation sites (tertiary alicyclic amines) is 1. The zero-order valence-electron chi connectivity index (χ0n) is 22.2. The van der Waals surface area contributed by atoms with E-state index in [4.69, 9.17) is 25.8 Å². The van der Waals surface area contributed by atoms with Crippen LogP contribution in [-0.4, -0.2) is 51.3 Å². The molecule has 40 heavy (non-hydrogen) atoms. The number of fused-ring (bicyclic) bond motifs is 1. The van der Waals surface area contributed by atoms with E-state index in [0.717, 1.165) is 56.0 Å². The monoisotopic (exact) mass is 567 g/mol. The van der Waals surface area contributed by atoms with E-state index >= 15 is 0 Å². The van der Waals surface area contributed by atoms with E-state index in [-0.39, 0.29) is 17.6 Å². The van der Waals surface area contributed by atoms with Crippen LogP contribution in [0.15, 0.2) is 48.2 Å². The molecule has 3 aromatic rings. The second kappa shape index (κ2) is 11.2. The molecule has 2 atom stereocenters. The lowest BCUT2D eigenvalue weighted by atomic mass is 9.88. The first kappa shape index (κ1) is 26.8. The minimum Gasteiger partial charge on any atom is -0.478 e. The second-order valence-corrected chi connectivity index (χ2v) is 11.0. The molecule has 2 saturated heterocycles. The van der Waals surface area contributed by atoms with Gasteiger partial charge in [-0.1, -0.05) is 23.7 Å². The molecular formula is C30H31ClFN3O5. The number of piperidine rings is 1. The van der Waals surface area contributed by atoms with Crippen LogP contribution in [0.2, 0.25) is 5.02 Å². The number of benzene rings is 2. The highest BCUT2D eigenvalue weighted by Crippen LogP contribution is 2.47. The molecule has 1 aromatic heterocycles. The van der Waals surface area contributed by atoms with Crippen LogP contribution in [0.25, 0.3) is 6.08 Å². The van der Waals surface area contributed by atoms with Gasteiger partial charge in [0, 0.05) is 22.8 Å². The summed E-state index contributed by atoms with van der Waals surface area (Å²) < 4.78 is 34.4. The van der Waals surface area contributed by atoms with Gasteiger partial charge in [0.25, 0.3) is 6.29 Å². The Labute approximate surface area is 236 Å². The molecule has 0 saturated carbocycles. The van der Waals surface area contributed by atoms with Crippen molar-refractivity contribution in [2.24, 2.45) is 0 Å². The molecule has 1 N–H and O–H groups in total. The third-order valence-corrected chi connectivity index (χ3v) is 8.16. The number of aromatic nitrogens is 2. The van der Waals surface area contributed by atoms with Gasteiger partial charge in [-0.15, -0.1) is 0 Å². The molecule has 0 spiro atoms. The summed E-state index contributed by atoms with van der Waals surface area (Å²) in [7, 11) is 0. The summed E-state index contributed by atoms with van der Waals surface area (Å²) in [4.78, 5) is 18.4. The Hall–Kier alpha value is -3.40. The van der Waals surface area contributed by atoms with Crippen LogP contribution >= 0.6 is 11.6 Å². The van der Waals surface area contributed by atoms with Gasteiger partial charge in [-0.05, 0) is 75.5 Å². The van der Waals surface area contributed by atoms with Gasteiger partial charge in [0.15, 0.2) is 11.5 Å². The molecule has 210 valence electrons. The zero-order chi connectivity index (χ0) is 27.8. The van der Waals surface area contributed by atoms with Gasteiger partial charge in [0.2, 0.25) is 0 Å². The first-order valence-electron chi connectivity index (χ1n) is 13.6. The van der Waals surface area contributed by atoms with Crippen molar-refractivity contribution >= 4 is 23.6 Å². The number of nitrogens with zero attached hydrogens (tertiary/aromatic N) is 3. The van der Waals surface area contributed by atoms with Gasteiger partial charge in [0.1, 0.15) is 11.6 Å². The van der Waals surface area contributed by atoms with Crippen LogP contribution in [-0.2, 0) is 22.6 Å². The number of carboxylic acids is 1. The van der Waals surface area contributed by atoms with E-state index in [1.807, 2.05) is 12.1 Å². The molecule has 3 aliphatic heterocycles. The number of halogens is 2. The van der Waals surface area contributed by atoms with Gasteiger partial charge in [-0.3, -0.25) is 4.90 Å². The largest absolute Gasteiger partial charge is 0.478 e.